The summed E-state index contributed by atoms with van der Waals surface area (Å²) in [7, 11) is -4.68. The van der Waals surface area contributed by atoms with E-state index < -0.39 is 26.5 Å². The molecule has 0 aliphatic rings. The highest BCUT2D eigenvalue weighted by Crippen LogP contribution is 2.19. The molecule has 5 nitrogen and oxygen atoms in total. The lowest BCUT2D eigenvalue weighted by Gasteiger charge is -2.09. The van der Waals surface area contributed by atoms with Gasteiger partial charge in [-0.3, -0.25) is 0 Å². The third kappa shape index (κ3) is 5.01. The van der Waals surface area contributed by atoms with E-state index in [0.717, 1.165) is 35.4 Å². The molecule has 2 aromatic rings. The molecule has 140 valence electrons. The summed E-state index contributed by atoms with van der Waals surface area (Å²) in [6.45, 7) is 4.02. The van der Waals surface area contributed by atoms with Crippen molar-refractivity contribution in [2.75, 3.05) is 13.2 Å². The van der Waals surface area contributed by atoms with Crippen molar-refractivity contribution < 1.29 is 31.5 Å². The quantitative estimate of drug-likeness (QED) is 0.540. The van der Waals surface area contributed by atoms with E-state index >= 15 is 0 Å². The maximum atomic E-state index is 12.5. The molecule has 26 heavy (non-hydrogen) atoms. The fourth-order valence-electron chi connectivity index (χ4n) is 2.28. The summed E-state index contributed by atoms with van der Waals surface area (Å²) >= 11 is 0. The van der Waals surface area contributed by atoms with Crippen molar-refractivity contribution in [3.63, 3.8) is 0 Å². The van der Waals surface area contributed by atoms with Crippen LogP contribution < -0.4 is 4.74 Å². The number of alkyl halides is 2. The maximum absolute atomic E-state index is 12.5. The van der Waals surface area contributed by atoms with Gasteiger partial charge in [-0.25, -0.2) is 13.2 Å². The van der Waals surface area contributed by atoms with Gasteiger partial charge in [0.2, 0.25) is 9.84 Å². The Labute approximate surface area is 150 Å². The number of sulfone groups is 1. The van der Waals surface area contributed by atoms with Crippen LogP contribution >= 0.6 is 0 Å². The van der Waals surface area contributed by atoms with Crippen LogP contribution in [0, 0.1) is 13.8 Å². The predicted molar refractivity (Wildman–Crippen MR) is 91.3 cm³/mol. The minimum atomic E-state index is -4.68. The van der Waals surface area contributed by atoms with Gasteiger partial charge in [-0.2, -0.15) is 8.78 Å². The fourth-order valence-corrected chi connectivity index (χ4v) is 3.00. The van der Waals surface area contributed by atoms with Crippen molar-refractivity contribution in [1.29, 1.82) is 0 Å². The van der Waals surface area contributed by atoms with Crippen molar-refractivity contribution in [3.05, 3.63) is 59.2 Å². The Morgan fingerprint density at radius 2 is 1.58 bits per heavy atom. The minimum Gasteiger partial charge on any atom is -0.490 e. The van der Waals surface area contributed by atoms with Gasteiger partial charge < -0.3 is 9.47 Å². The fraction of sp³-hybridized carbons (Fsp3) is 0.278. The van der Waals surface area contributed by atoms with Crippen LogP contribution in [0.25, 0.3) is 0 Å². The molecular formula is C18H18F2O5S. The molecule has 2 rings (SSSR count). The lowest BCUT2D eigenvalue weighted by atomic mass is 10.1. The van der Waals surface area contributed by atoms with Crippen molar-refractivity contribution >= 4 is 15.8 Å². The Kier molecular flexibility index (Phi) is 6.31. The number of ether oxygens (including phenoxy) is 2. The monoisotopic (exact) mass is 384 g/mol. The van der Waals surface area contributed by atoms with Crippen molar-refractivity contribution in [2.24, 2.45) is 0 Å². The largest absolute Gasteiger partial charge is 0.490 e. The molecule has 0 radical (unpaired) electrons. The Morgan fingerprint density at radius 1 is 1.00 bits per heavy atom. The van der Waals surface area contributed by atoms with Gasteiger partial charge in [0.15, 0.2) is 0 Å². The van der Waals surface area contributed by atoms with E-state index in [-0.39, 0.29) is 18.8 Å². The normalized spacial score (nSPS) is 11.4. The zero-order chi connectivity index (χ0) is 19.3. The number of hydrogen-bond acceptors (Lipinski definition) is 5. The Hall–Kier alpha value is -2.48. The summed E-state index contributed by atoms with van der Waals surface area (Å²) in [5, 5.41) is 0. The van der Waals surface area contributed by atoms with Crippen molar-refractivity contribution in [3.8, 4) is 5.75 Å². The first kappa shape index (κ1) is 19.8. The third-order valence-corrected chi connectivity index (χ3v) is 4.83. The van der Waals surface area contributed by atoms with Crippen LogP contribution in [0.5, 0.6) is 5.75 Å². The van der Waals surface area contributed by atoms with Crippen LogP contribution in [-0.2, 0) is 14.6 Å². The highest BCUT2D eigenvalue weighted by atomic mass is 32.2. The lowest BCUT2D eigenvalue weighted by Crippen LogP contribution is -2.14. The van der Waals surface area contributed by atoms with Gasteiger partial charge in [-0.15, -0.1) is 0 Å². The van der Waals surface area contributed by atoms with E-state index in [9.17, 15) is 22.0 Å². The summed E-state index contributed by atoms with van der Waals surface area (Å²) in [6.07, 6.45) is 0. The number of esters is 1. The van der Waals surface area contributed by atoms with Gasteiger partial charge in [-0.1, -0.05) is 6.07 Å². The van der Waals surface area contributed by atoms with E-state index in [1.807, 2.05) is 32.0 Å². The minimum absolute atomic E-state index is 0.0110. The average molecular weight is 384 g/mol. The standard InChI is InChI=1S/C18H18F2O5S/c1-12-9-13(2)11-15(10-12)24-7-8-25-17(21)14-3-5-16(6-4-14)26(22,23)18(19)20/h3-6,9-11,18H,7-8H2,1-2H3. The maximum Gasteiger partial charge on any atom is 0.341 e. The highest BCUT2D eigenvalue weighted by molar-refractivity contribution is 7.91. The summed E-state index contributed by atoms with van der Waals surface area (Å²) in [6, 6.07) is 9.87. The molecule has 0 atom stereocenters. The number of carbonyl (C=O) groups is 1. The molecule has 0 aliphatic carbocycles. The van der Waals surface area contributed by atoms with E-state index in [4.69, 9.17) is 9.47 Å². The number of aryl methyl sites for hydroxylation is 2. The van der Waals surface area contributed by atoms with Gasteiger partial charge in [-0.05, 0) is 61.4 Å². The highest BCUT2D eigenvalue weighted by Gasteiger charge is 2.26. The molecule has 0 aromatic heterocycles. The molecule has 0 heterocycles. The first-order valence-electron chi connectivity index (χ1n) is 7.70. The molecule has 2 aromatic carbocycles. The smallest absolute Gasteiger partial charge is 0.341 e. The van der Waals surface area contributed by atoms with Crippen LogP contribution in [0.4, 0.5) is 8.78 Å². The second-order valence-corrected chi connectivity index (χ2v) is 7.56. The van der Waals surface area contributed by atoms with E-state index in [0.29, 0.717) is 5.75 Å². The molecule has 0 saturated carbocycles. The molecule has 0 spiro atoms. The van der Waals surface area contributed by atoms with Gasteiger partial charge in [0, 0.05) is 0 Å². The first-order chi connectivity index (χ1) is 12.2. The number of rotatable bonds is 7. The number of benzene rings is 2. The van der Waals surface area contributed by atoms with Crippen LogP contribution in [0.15, 0.2) is 47.4 Å². The Morgan fingerprint density at radius 3 is 2.12 bits per heavy atom. The molecule has 0 fully saturated rings. The molecule has 0 N–H and O–H groups in total. The van der Waals surface area contributed by atoms with E-state index in [1.165, 1.54) is 0 Å². The SMILES string of the molecule is Cc1cc(C)cc(OCCOC(=O)c2ccc(S(=O)(=O)C(F)F)cc2)c1. The lowest BCUT2D eigenvalue weighted by molar-refractivity contribution is 0.0450. The molecular weight excluding hydrogens is 366 g/mol. The van der Waals surface area contributed by atoms with Crippen LogP contribution in [-0.4, -0.2) is 33.4 Å². The van der Waals surface area contributed by atoms with E-state index in [1.54, 1.807) is 0 Å². The number of halogens is 2. The zero-order valence-corrected chi connectivity index (χ0v) is 15.1. The molecule has 0 unspecified atom stereocenters. The summed E-state index contributed by atoms with van der Waals surface area (Å²) in [5.41, 5.74) is 2.16. The summed E-state index contributed by atoms with van der Waals surface area (Å²) in [5.74, 6) is -3.54. The van der Waals surface area contributed by atoms with Crippen molar-refractivity contribution in [2.45, 2.75) is 24.5 Å². The zero-order valence-electron chi connectivity index (χ0n) is 14.2. The molecule has 0 amide bonds. The molecule has 8 heteroatoms. The van der Waals surface area contributed by atoms with Crippen molar-refractivity contribution in [1.82, 2.24) is 0 Å². The topological polar surface area (TPSA) is 69.7 Å². The van der Waals surface area contributed by atoms with Crippen LogP contribution in [0.3, 0.4) is 0 Å². The van der Waals surface area contributed by atoms with Gasteiger partial charge in [0.05, 0.1) is 10.5 Å². The second-order valence-electron chi connectivity index (χ2n) is 5.64. The third-order valence-electron chi connectivity index (χ3n) is 3.43. The molecule has 0 saturated heterocycles. The Bertz CT molecular complexity index is 857. The van der Waals surface area contributed by atoms with Gasteiger partial charge in [0.25, 0.3) is 0 Å². The van der Waals surface area contributed by atoms with E-state index in [2.05, 4.69) is 0 Å². The molecule has 0 aliphatic heterocycles. The summed E-state index contributed by atoms with van der Waals surface area (Å²) < 4.78 is 58.1. The average Bonchev–Trinajstić information content (AvgIpc) is 2.57. The van der Waals surface area contributed by atoms with Gasteiger partial charge >= 0.3 is 11.7 Å². The Balaban J connectivity index is 1.88. The molecule has 0 bridgehead atoms. The van der Waals surface area contributed by atoms with Gasteiger partial charge in [0.1, 0.15) is 19.0 Å². The number of carbonyl (C=O) groups excluding carboxylic acids is 1. The summed E-state index contributed by atoms with van der Waals surface area (Å²) in [4.78, 5) is 11.3. The van der Waals surface area contributed by atoms with Crippen LogP contribution in [0.1, 0.15) is 21.5 Å². The first-order valence-corrected chi connectivity index (χ1v) is 9.25. The second kappa shape index (κ2) is 8.27. The number of hydrogen-bond donors (Lipinski definition) is 0. The van der Waals surface area contributed by atoms with Crippen LogP contribution in [0.2, 0.25) is 0 Å². The predicted octanol–water partition coefficient (Wildman–Crippen LogP) is 3.54.